The summed E-state index contributed by atoms with van der Waals surface area (Å²) in [5.41, 5.74) is 0.327. The molecule has 0 unspecified atom stereocenters. The van der Waals surface area contributed by atoms with Crippen molar-refractivity contribution in [2.24, 2.45) is 11.8 Å². The summed E-state index contributed by atoms with van der Waals surface area (Å²) >= 11 is 0. The Labute approximate surface area is 173 Å². The van der Waals surface area contributed by atoms with Crippen molar-refractivity contribution in [1.29, 1.82) is 0 Å². The van der Waals surface area contributed by atoms with Gasteiger partial charge in [0.05, 0.1) is 31.6 Å². The third-order valence-electron chi connectivity index (χ3n) is 6.17. The highest BCUT2D eigenvalue weighted by Gasteiger charge is 2.67. The number of carbonyl (C=O) groups excluding carboxylic acids is 2. The largest absolute Gasteiger partial charge is 0.497 e. The van der Waals surface area contributed by atoms with Crippen molar-refractivity contribution in [3.8, 4) is 5.75 Å². The zero-order chi connectivity index (χ0) is 20.9. The lowest BCUT2D eigenvalue weighted by Gasteiger charge is -2.23. The van der Waals surface area contributed by atoms with E-state index >= 15 is 0 Å². The van der Waals surface area contributed by atoms with Crippen molar-refractivity contribution in [3.05, 3.63) is 53.8 Å². The van der Waals surface area contributed by atoms with E-state index in [1.807, 2.05) is 36.4 Å². The molecule has 4 atom stereocenters. The molecule has 1 aromatic carbocycles. The Kier molecular flexibility index (Phi) is 4.39. The van der Waals surface area contributed by atoms with Crippen LogP contribution in [0.25, 0.3) is 0 Å². The summed E-state index contributed by atoms with van der Waals surface area (Å²) < 4.78 is 16.4. The standard InChI is InChI=1S/C22H23N3O5/c1-13-11-17(24-30-13)25-12-22-9-7-16(29-22)18(19(22)21(25)27)20(26)23-10-8-14-3-5-15(28-2)6-4-14/h3-7,9,11,16,18-19H,8,10,12H2,1-2H3,(H,23,26)/t16-,18+,19-,22+/m1/s1. The molecule has 8 heteroatoms. The number of nitrogens with one attached hydrogen (secondary N) is 1. The molecule has 2 aromatic rings. The molecular weight excluding hydrogens is 386 g/mol. The van der Waals surface area contributed by atoms with E-state index in [4.69, 9.17) is 14.0 Å². The summed E-state index contributed by atoms with van der Waals surface area (Å²) in [5.74, 6) is 0.482. The van der Waals surface area contributed by atoms with Gasteiger partial charge in [0.2, 0.25) is 11.8 Å². The molecule has 1 N–H and O–H groups in total. The number of aryl methyl sites for hydroxylation is 1. The van der Waals surface area contributed by atoms with Crippen molar-refractivity contribution in [1.82, 2.24) is 10.5 Å². The van der Waals surface area contributed by atoms with Crippen molar-refractivity contribution >= 4 is 17.6 Å². The second-order valence-corrected chi connectivity index (χ2v) is 8.01. The molecule has 0 aliphatic carbocycles. The molecule has 2 saturated heterocycles. The first-order chi connectivity index (χ1) is 14.5. The van der Waals surface area contributed by atoms with E-state index in [0.717, 1.165) is 11.3 Å². The summed E-state index contributed by atoms with van der Waals surface area (Å²) in [6.45, 7) is 2.60. The zero-order valence-corrected chi connectivity index (χ0v) is 16.8. The number of benzene rings is 1. The number of ether oxygens (including phenoxy) is 2. The van der Waals surface area contributed by atoms with Crippen LogP contribution in [0.5, 0.6) is 5.75 Å². The van der Waals surface area contributed by atoms with Crippen molar-refractivity contribution < 1.29 is 23.6 Å². The number of rotatable bonds is 6. The second-order valence-electron chi connectivity index (χ2n) is 8.01. The van der Waals surface area contributed by atoms with Crippen molar-refractivity contribution in [2.75, 3.05) is 25.1 Å². The van der Waals surface area contributed by atoms with Crippen LogP contribution in [0.2, 0.25) is 0 Å². The molecule has 3 aliphatic rings. The molecule has 8 nitrogen and oxygen atoms in total. The summed E-state index contributed by atoms with van der Waals surface area (Å²) in [4.78, 5) is 27.8. The number of amides is 2. The molecule has 2 amide bonds. The minimum absolute atomic E-state index is 0.148. The van der Waals surface area contributed by atoms with Gasteiger partial charge in [-0.25, -0.2) is 0 Å². The molecule has 1 aromatic heterocycles. The maximum atomic E-state index is 13.2. The van der Waals surface area contributed by atoms with Gasteiger partial charge in [-0.05, 0) is 31.0 Å². The van der Waals surface area contributed by atoms with Crippen LogP contribution in [0.4, 0.5) is 5.82 Å². The maximum Gasteiger partial charge on any atom is 0.235 e. The highest BCUT2D eigenvalue weighted by molar-refractivity contribution is 6.02. The molecule has 2 fully saturated rings. The van der Waals surface area contributed by atoms with Gasteiger partial charge in [-0.1, -0.05) is 29.4 Å². The highest BCUT2D eigenvalue weighted by Crippen LogP contribution is 2.52. The van der Waals surface area contributed by atoms with Gasteiger partial charge in [0.15, 0.2) is 5.82 Å². The summed E-state index contributed by atoms with van der Waals surface area (Å²) in [7, 11) is 1.63. The van der Waals surface area contributed by atoms with Crippen molar-refractivity contribution in [3.63, 3.8) is 0 Å². The predicted octanol–water partition coefficient (Wildman–Crippen LogP) is 1.64. The van der Waals surface area contributed by atoms with Crippen molar-refractivity contribution in [2.45, 2.75) is 25.0 Å². The van der Waals surface area contributed by atoms with Crippen LogP contribution in [-0.2, 0) is 20.7 Å². The number of nitrogens with zero attached hydrogens (tertiary/aromatic N) is 2. The molecule has 5 rings (SSSR count). The average molecular weight is 409 g/mol. The van der Waals surface area contributed by atoms with E-state index in [1.54, 1.807) is 25.0 Å². The van der Waals surface area contributed by atoms with Gasteiger partial charge in [-0.3, -0.25) is 14.5 Å². The van der Waals surface area contributed by atoms with Gasteiger partial charge in [0.1, 0.15) is 17.1 Å². The third-order valence-corrected chi connectivity index (χ3v) is 6.17. The van der Waals surface area contributed by atoms with E-state index in [2.05, 4.69) is 10.5 Å². The minimum Gasteiger partial charge on any atom is -0.497 e. The smallest absolute Gasteiger partial charge is 0.235 e. The number of fused-ring (bicyclic) bond motifs is 1. The van der Waals surface area contributed by atoms with Gasteiger partial charge in [-0.2, -0.15) is 0 Å². The molecule has 1 spiro atoms. The molecule has 156 valence electrons. The van der Waals surface area contributed by atoms with Crippen LogP contribution in [0.3, 0.4) is 0 Å². The van der Waals surface area contributed by atoms with Crippen LogP contribution < -0.4 is 15.0 Å². The molecular formula is C22H23N3O5. The van der Waals surface area contributed by atoms with Crippen LogP contribution in [-0.4, -0.2) is 48.9 Å². The third kappa shape index (κ3) is 2.90. The first-order valence-electron chi connectivity index (χ1n) is 10.0. The Balaban J connectivity index is 1.27. The quantitative estimate of drug-likeness (QED) is 0.729. The minimum atomic E-state index is -0.771. The van der Waals surface area contributed by atoms with E-state index in [0.29, 0.717) is 31.1 Å². The number of methoxy groups -OCH3 is 1. The van der Waals surface area contributed by atoms with E-state index < -0.39 is 17.4 Å². The summed E-state index contributed by atoms with van der Waals surface area (Å²) in [5, 5.41) is 6.95. The van der Waals surface area contributed by atoms with Gasteiger partial charge in [-0.15, -0.1) is 0 Å². The molecule has 0 radical (unpaired) electrons. The summed E-state index contributed by atoms with van der Waals surface area (Å²) in [6, 6.07) is 9.46. The lowest BCUT2D eigenvalue weighted by Crippen LogP contribution is -2.44. The van der Waals surface area contributed by atoms with Crippen LogP contribution in [0, 0.1) is 18.8 Å². The lowest BCUT2D eigenvalue weighted by atomic mass is 9.77. The molecule has 30 heavy (non-hydrogen) atoms. The fraction of sp³-hybridized carbons (Fsp3) is 0.409. The summed E-state index contributed by atoms with van der Waals surface area (Å²) in [6.07, 6.45) is 4.14. The van der Waals surface area contributed by atoms with E-state index in [-0.39, 0.29) is 17.9 Å². The van der Waals surface area contributed by atoms with Crippen LogP contribution in [0.1, 0.15) is 11.3 Å². The van der Waals surface area contributed by atoms with Crippen LogP contribution >= 0.6 is 0 Å². The first-order valence-corrected chi connectivity index (χ1v) is 10.0. The number of aromatic nitrogens is 1. The average Bonchev–Trinajstić information content (AvgIpc) is 3.49. The number of hydrogen-bond donors (Lipinski definition) is 1. The van der Waals surface area contributed by atoms with Gasteiger partial charge in [0, 0.05) is 12.6 Å². The number of hydrogen-bond acceptors (Lipinski definition) is 6. The van der Waals surface area contributed by atoms with E-state index in [9.17, 15) is 9.59 Å². The SMILES string of the molecule is COc1ccc(CCNC(=O)[C@H]2[C@H]3C=C[C@@]4(CN(c5cc(C)on5)C(=O)[C@@H]24)O3)cc1. The topological polar surface area (TPSA) is 93.9 Å². The Morgan fingerprint density at radius 1 is 1.37 bits per heavy atom. The molecule has 3 aliphatic heterocycles. The monoisotopic (exact) mass is 409 g/mol. The van der Waals surface area contributed by atoms with Gasteiger partial charge in [0.25, 0.3) is 0 Å². The Bertz CT molecular complexity index is 1010. The fourth-order valence-corrected chi connectivity index (χ4v) is 4.71. The Morgan fingerprint density at radius 2 is 2.17 bits per heavy atom. The van der Waals surface area contributed by atoms with Gasteiger partial charge < -0.3 is 19.3 Å². The predicted molar refractivity (Wildman–Crippen MR) is 107 cm³/mol. The Hall–Kier alpha value is -3.13. The van der Waals surface area contributed by atoms with E-state index in [1.165, 1.54) is 0 Å². The number of anilines is 1. The number of carbonyl (C=O) groups is 2. The fourth-order valence-electron chi connectivity index (χ4n) is 4.71. The Morgan fingerprint density at radius 3 is 2.87 bits per heavy atom. The second kappa shape index (κ2) is 6.98. The highest BCUT2D eigenvalue weighted by atomic mass is 16.5. The zero-order valence-electron chi connectivity index (χ0n) is 16.8. The molecule has 0 saturated carbocycles. The van der Waals surface area contributed by atoms with Gasteiger partial charge >= 0.3 is 0 Å². The normalized spacial score (nSPS) is 28.8. The van der Waals surface area contributed by atoms with Crippen LogP contribution in [0.15, 0.2) is 47.0 Å². The molecule has 2 bridgehead atoms. The maximum absolute atomic E-state index is 13.2. The first kappa shape index (κ1) is 18.9. The lowest BCUT2D eigenvalue weighted by molar-refractivity contribution is -0.131. The molecule has 4 heterocycles.